The number of nitrogens with zero attached hydrogens (tertiary/aromatic N) is 3. The van der Waals surface area contributed by atoms with E-state index in [4.69, 9.17) is 4.74 Å². The van der Waals surface area contributed by atoms with E-state index in [2.05, 4.69) is 32.5 Å². The molecule has 17 heavy (non-hydrogen) atoms. The smallest absolute Gasteiger partial charge is 0.224 e. The fraction of sp³-hybridized carbons (Fsp3) is 0.636. The van der Waals surface area contributed by atoms with E-state index in [-0.39, 0.29) is 6.10 Å². The fourth-order valence-corrected chi connectivity index (χ4v) is 1.79. The third-order valence-electron chi connectivity index (χ3n) is 2.73. The molecule has 0 bridgehead atoms. The van der Waals surface area contributed by atoms with Gasteiger partial charge in [-0.2, -0.15) is 4.98 Å². The topological polar surface area (TPSA) is 62.3 Å². The van der Waals surface area contributed by atoms with Gasteiger partial charge < -0.3 is 20.3 Å². The second kappa shape index (κ2) is 5.79. The highest BCUT2D eigenvalue weighted by Gasteiger charge is 2.17. The number of likely N-dealkylation sites (N-methyl/N-ethyl adjacent to an activating group) is 1. The number of morpholine rings is 1. The lowest BCUT2D eigenvalue weighted by Gasteiger charge is -2.30. The van der Waals surface area contributed by atoms with Crippen molar-refractivity contribution in [2.24, 2.45) is 0 Å². The molecule has 1 aromatic rings. The highest BCUT2D eigenvalue weighted by Crippen LogP contribution is 2.07. The zero-order valence-corrected chi connectivity index (χ0v) is 10.3. The molecule has 2 rings (SSSR count). The molecule has 6 nitrogen and oxygen atoms in total. The summed E-state index contributed by atoms with van der Waals surface area (Å²) in [6.45, 7) is 3.53. The Balaban J connectivity index is 1.84. The van der Waals surface area contributed by atoms with Gasteiger partial charge in [0.1, 0.15) is 5.82 Å². The summed E-state index contributed by atoms with van der Waals surface area (Å²) < 4.78 is 5.66. The minimum atomic E-state index is 0.224. The van der Waals surface area contributed by atoms with Crippen LogP contribution in [-0.4, -0.2) is 61.3 Å². The van der Waals surface area contributed by atoms with Crippen molar-refractivity contribution in [1.82, 2.24) is 14.9 Å². The number of hydrogen-bond acceptors (Lipinski definition) is 6. The largest absolute Gasteiger partial charge is 0.374 e. The molecule has 0 saturated carbocycles. The van der Waals surface area contributed by atoms with Crippen LogP contribution >= 0.6 is 0 Å². The molecule has 94 valence electrons. The number of ether oxygens (including phenoxy) is 1. The normalized spacial score (nSPS) is 21.2. The zero-order chi connectivity index (χ0) is 12.1. The van der Waals surface area contributed by atoms with Crippen LogP contribution in [0, 0.1) is 0 Å². The predicted octanol–water partition coefficient (Wildman–Crippen LogP) is 0.261. The summed E-state index contributed by atoms with van der Waals surface area (Å²) in [5.41, 5.74) is 0. The molecule has 1 aliphatic heterocycles. The lowest BCUT2D eigenvalue weighted by molar-refractivity contribution is -0.0117. The summed E-state index contributed by atoms with van der Waals surface area (Å²) in [5, 5.41) is 6.18. The van der Waals surface area contributed by atoms with Gasteiger partial charge in [0.05, 0.1) is 12.7 Å². The maximum Gasteiger partial charge on any atom is 0.224 e. The first kappa shape index (κ1) is 12.1. The van der Waals surface area contributed by atoms with Crippen molar-refractivity contribution in [3.05, 3.63) is 12.3 Å². The monoisotopic (exact) mass is 237 g/mol. The second-order valence-electron chi connectivity index (χ2n) is 4.15. The minimum Gasteiger partial charge on any atom is -0.374 e. The molecule has 1 atom stereocenters. The lowest BCUT2D eigenvalue weighted by Crippen LogP contribution is -2.43. The van der Waals surface area contributed by atoms with Crippen LogP contribution in [0.5, 0.6) is 0 Å². The van der Waals surface area contributed by atoms with Crippen LogP contribution < -0.4 is 10.6 Å². The summed E-state index contributed by atoms with van der Waals surface area (Å²) >= 11 is 0. The maximum atomic E-state index is 5.66. The Bertz CT molecular complexity index is 359. The molecular weight excluding hydrogens is 218 g/mol. The van der Waals surface area contributed by atoms with Crippen molar-refractivity contribution in [1.29, 1.82) is 0 Å². The van der Waals surface area contributed by atoms with Crippen molar-refractivity contribution in [2.75, 3.05) is 51.0 Å². The maximum absolute atomic E-state index is 5.66. The first-order valence-electron chi connectivity index (χ1n) is 5.83. The highest BCUT2D eigenvalue weighted by atomic mass is 16.5. The highest BCUT2D eigenvalue weighted by molar-refractivity contribution is 5.39. The average Bonchev–Trinajstić information content (AvgIpc) is 2.37. The second-order valence-corrected chi connectivity index (χ2v) is 4.15. The van der Waals surface area contributed by atoms with Crippen LogP contribution in [0.15, 0.2) is 12.3 Å². The third-order valence-corrected chi connectivity index (χ3v) is 2.73. The van der Waals surface area contributed by atoms with Crippen LogP contribution in [0.1, 0.15) is 0 Å². The van der Waals surface area contributed by atoms with Gasteiger partial charge in [-0.25, -0.2) is 4.98 Å². The average molecular weight is 237 g/mol. The van der Waals surface area contributed by atoms with Crippen LogP contribution in [0.2, 0.25) is 0 Å². The van der Waals surface area contributed by atoms with Gasteiger partial charge in [0, 0.05) is 32.9 Å². The van der Waals surface area contributed by atoms with E-state index >= 15 is 0 Å². The van der Waals surface area contributed by atoms with Crippen molar-refractivity contribution < 1.29 is 4.74 Å². The molecule has 2 heterocycles. The van der Waals surface area contributed by atoms with Crippen LogP contribution in [-0.2, 0) is 4.74 Å². The molecule has 2 N–H and O–H groups in total. The van der Waals surface area contributed by atoms with Crippen molar-refractivity contribution in [3.63, 3.8) is 0 Å². The lowest BCUT2D eigenvalue weighted by atomic mass is 10.3. The molecule has 0 radical (unpaired) electrons. The summed E-state index contributed by atoms with van der Waals surface area (Å²) in [7, 11) is 3.91. The quantitative estimate of drug-likeness (QED) is 0.783. The van der Waals surface area contributed by atoms with Crippen molar-refractivity contribution >= 4 is 11.8 Å². The number of hydrogen-bond donors (Lipinski definition) is 2. The third kappa shape index (κ3) is 3.54. The van der Waals surface area contributed by atoms with Gasteiger partial charge in [0.15, 0.2) is 0 Å². The number of anilines is 2. The van der Waals surface area contributed by atoms with Gasteiger partial charge in [-0.05, 0) is 13.1 Å². The minimum absolute atomic E-state index is 0.224. The zero-order valence-electron chi connectivity index (χ0n) is 10.3. The van der Waals surface area contributed by atoms with E-state index in [1.165, 1.54) is 0 Å². The van der Waals surface area contributed by atoms with E-state index in [1.807, 2.05) is 6.07 Å². The van der Waals surface area contributed by atoms with Crippen molar-refractivity contribution in [3.8, 4) is 0 Å². The number of rotatable bonds is 4. The molecule has 1 saturated heterocycles. The SMILES string of the molecule is CNc1nccc(NCC2CN(C)CCO2)n1. The molecule has 1 aromatic heterocycles. The van der Waals surface area contributed by atoms with Gasteiger partial charge in [0.2, 0.25) is 5.95 Å². The summed E-state index contributed by atoms with van der Waals surface area (Å²) in [6, 6.07) is 1.85. The molecule has 0 aromatic carbocycles. The van der Waals surface area contributed by atoms with Crippen LogP contribution in [0.4, 0.5) is 11.8 Å². The number of aromatic nitrogens is 2. The summed E-state index contributed by atoms with van der Waals surface area (Å²) in [6.07, 6.45) is 1.96. The Kier molecular flexibility index (Phi) is 4.11. The molecule has 1 fully saturated rings. The predicted molar refractivity (Wildman–Crippen MR) is 67.3 cm³/mol. The first-order valence-corrected chi connectivity index (χ1v) is 5.83. The Labute approximate surface area is 101 Å². The van der Waals surface area contributed by atoms with Crippen LogP contribution in [0.3, 0.4) is 0 Å². The van der Waals surface area contributed by atoms with Gasteiger partial charge >= 0.3 is 0 Å². The van der Waals surface area contributed by atoms with E-state index in [1.54, 1.807) is 13.2 Å². The van der Waals surface area contributed by atoms with E-state index in [0.29, 0.717) is 5.95 Å². The van der Waals surface area contributed by atoms with E-state index < -0.39 is 0 Å². The summed E-state index contributed by atoms with van der Waals surface area (Å²) in [4.78, 5) is 10.6. The van der Waals surface area contributed by atoms with Crippen LogP contribution in [0.25, 0.3) is 0 Å². The van der Waals surface area contributed by atoms with Gasteiger partial charge in [-0.3, -0.25) is 0 Å². The van der Waals surface area contributed by atoms with E-state index in [9.17, 15) is 0 Å². The van der Waals surface area contributed by atoms with Gasteiger partial charge in [-0.15, -0.1) is 0 Å². The Morgan fingerprint density at radius 3 is 3.24 bits per heavy atom. The van der Waals surface area contributed by atoms with Crippen molar-refractivity contribution in [2.45, 2.75) is 6.10 Å². The molecule has 0 spiro atoms. The fourth-order valence-electron chi connectivity index (χ4n) is 1.79. The first-order chi connectivity index (χ1) is 8.28. The Hall–Kier alpha value is -1.40. The Morgan fingerprint density at radius 1 is 1.59 bits per heavy atom. The molecule has 6 heteroatoms. The Morgan fingerprint density at radius 2 is 2.47 bits per heavy atom. The molecule has 1 aliphatic rings. The van der Waals surface area contributed by atoms with E-state index in [0.717, 1.165) is 32.1 Å². The van der Waals surface area contributed by atoms with Gasteiger partial charge in [0.25, 0.3) is 0 Å². The molecule has 1 unspecified atom stereocenters. The molecule has 0 aliphatic carbocycles. The summed E-state index contributed by atoms with van der Waals surface area (Å²) in [5.74, 6) is 1.44. The number of nitrogens with one attached hydrogen (secondary N) is 2. The van der Waals surface area contributed by atoms with Gasteiger partial charge in [-0.1, -0.05) is 0 Å². The standard InChI is InChI=1S/C11H19N5O/c1-12-11-13-4-3-10(15-11)14-7-9-8-16(2)5-6-17-9/h3-4,9H,5-8H2,1-2H3,(H2,12,13,14,15). The molecular formula is C11H19N5O. The molecule has 0 amide bonds.